The van der Waals surface area contributed by atoms with Crippen LogP contribution in [0.5, 0.6) is 0 Å². The summed E-state index contributed by atoms with van der Waals surface area (Å²) >= 11 is 0. The van der Waals surface area contributed by atoms with E-state index in [1.54, 1.807) is 6.08 Å². The van der Waals surface area contributed by atoms with Crippen molar-refractivity contribution in [2.45, 2.75) is 53.0 Å². The van der Waals surface area contributed by atoms with Gasteiger partial charge in [-0.2, -0.15) is 5.10 Å². The van der Waals surface area contributed by atoms with Crippen molar-refractivity contribution in [3.05, 3.63) is 58.4 Å². The third-order valence-electron chi connectivity index (χ3n) is 4.72. The summed E-state index contributed by atoms with van der Waals surface area (Å²) in [5.41, 5.74) is 7.03. The van der Waals surface area contributed by atoms with Gasteiger partial charge in [0.15, 0.2) is 0 Å². The van der Waals surface area contributed by atoms with E-state index in [-0.39, 0.29) is 11.9 Å². The minimum absolute atomic E-state index is 0.0210. The molecule has 1 amide bonds. The molecule has 1 aliphatic carbocycles. The van der Waals surface area contributed by atoms with Gasteiger partial charge in [0, 0.05) is 17.3 Å². The van der Waals surface area contributed by atoms with Crippen molar-refractivity contribution in [1.82, 2.24) is 15.1 Å². The van der Waals surface area contributed by atoms with Crippen LogP contribution in [0.15, 0.2) is 36.0 Å². The molecule has 0 spiro atoms. The maximum atomic E-state index is 12.1. The molecule has 1 aliphatic rings. The summed E-state index contributed by atoms with van der Waals surface area (Å²) in [6, 6.07) is 6.36. The molecule has 0 saturated carbocycles. The van der Waals surface area contributed by atoms with Gasteiger partial charge in [-0.25, -0.2) is 4.68 Å². The first kappa shape index (κ1) is 16.5. The number of rotatable bonds is 3. The lowest BCUT2D eigenvalue weighted by molar-refractivity contribution is -0.117. The van der Waals surface area contributed by atoms with Crippen molar-refractivity contribution in [2.75, 3.05) is 0 Å². The second-order valence-electron chi connectivity index (χ2n) is 6.85. The van der Waals surface area contributed by atoms with Gasteiger partial charge in [0.05, 0.1) is 17.9 Å². The Bertz CT molecular complexity index is 797. The first-order valence-electron chi connectivity index (χ1n) is 8.56. The van der Waals surface area contributed by atoms with Crippen LogP contribution >= 0.6 is 0 Å². The fourth-order valence-corrected chi connectivity index (χ4v) is 3.36. The average molecular weight is 323 g/mol. The van der Waals surface area contributed by atoms with Crippen LogP contribution in [0.3, 0.4) is 0 Å². The van der Waals surface area contributed by atoms with Gasteiger partial charge in [-0.1, -0.05) is 17.7 Å². The topological polar surface area (TPSA) is 46.9 Å². The Morgan fingerprint density at radius 2 is 2.12 bits per heavy atom. The van der Waals surface area contributed by atoms with Crippen LogP contribution in [0, 0.1) is 13.8 Å². The number of nitrogens with zero attached hydrogens (tertiary/aromatic N) is 2. The maximum absolute atomic E-state index is 12.1. The zero-order valence-electron chi connectivity index (χ0n) is 14.9. The van der Waals surface area contributed by atoms with E-state index in [0.29, 0.717) is 0 Å². The largest absolute Gasteiger partial charge is 0.346 e. The van der Waals surface area contributed by atoms with E-state index in [9.17, 15) is 4.79 Å². The van der Waals surface area contributed by atoms with Gasteiger partial charge in [-0.3, -0.25) is 4.79 Å². The van der Waals surface area contributed by atoms with Gasteiger partial charge < -0.3 is 5.32 Å². The Balaban J connectivity index is 1.94. The second kappa shape index (κ2) is 6.63. The van der Waals surface area contributed by atoms with Gasteiger partial charge in [-0.05, 0) is 64.2 Å². The number of allylic oxidation sites excluding steroid dienone is 1. The van der Waals surface area contributed by atoms with Gasteiger partial charge in [-0.15, -0.1) is 0 Å². The van der Waals surface area contributed by atoms with E-state index < -0.39 is 0 Å². The highest BCUT2D eigenvalue weighted by molar-refractivity contribution is 5.88. The molecule has 0 saturated heterocycles. The predicted octanol–water partition coefficient (Wildman–Crippen LogP) is 3.95. The second-order valence-corrected chi connectivity index (χ2v) is 6.85. The van der Waals surface area contributed by atoms with E-state index >= 15 is 0 Å². The number of hydrogen-bond donors (Lipinski definition) is 1. The lowest BCUT2D eigenvalue weighted by Crippen LogP contribution is -2.29. The molecule has 0 bridgehead atoms. The quantitative estimate of drug-likeness (QED) is 0.869. The van der Waals surface area contributed by atoms with E-state index in [1.807, 2.05) is 20.0 Å². The predicted molar refractivity (Wildman–Crippen MR) is 96.3 cm³/mol. The van der Waals surface area contributed by atoms with Crippen molar-refractivity contribution in [2.24, 2.45) is 0 Å². The summed E-state index contributed by atoms with van der Waals surface area (Å²) in [5, 5.41) is 7.77. The maximum Gasteiger partial charge on any atom is 0.244 e. The molecule has 1 N–H and O–H groups in total. The normalized spacial score (nSPS) is 16.4. The smallest absolute Gasteiger partial charge is 0.244 e. The Kier molecular flexibility index (Phi) is 4.56. The average Bonchev–Trinajstić information content (AvgIpc) is 2.94. The molecule has 1 aromatic carbocycles. The number of carbonyl (C=O) groups excluding carboxylic acids is 1. The van der Waals surface area contributed by atoms with E-state index in [0.717, 1.165) is 36.1 Å². The molecule has 1 atom stereocenters. The lowest BCUT2D eigenvalue weighted by Gasteiger charge is -2.24. The van der Waals surface area contributed by atoms with E-state index in [2.05, 4.69) is 47.1 Å². The van der Waals surface area contributed by atoms with Crippen LogP contribution < -0.4 is 5.32 Å². The van der Waals surface area contributed by atoms with Crippen molar-refractivity contribution < 1.29 is 4.79 Å². The van der Waals surface area contributed by atoms with Crippen LogP contribution in [-0.4, -0.2) is 15.7 Å². The van der Waals surface area contributed by atoms with Crippen LogP contribution in [0.2, 0.25) is 0 Å². The number of hydrogen-bond acceptors (Lipinski definition) is 2. The SMILES string of the molecule is CC(C)=CC(=O)N[C@@H]1CCCc2c1cnn2-c1cccc(C)c1C. The standard InChI is InChI=1S/C20H25N3O/c1-13(2)11-20(24)22-17-8-6-10-19-16(17)12-21-23(19)18-9-5-7-14(3)15(18)4/h5,7,9,11-12,17H,6,8,10H2,1-4H3,(H,22,24)/t17-/m1/s1. The van der Waals surface area contributed by atoms with Crippen LogP contribution in [0.25, 0.3) is 5.69 Å². The van der Waals surface area contributed by atoms with E-state index in [1.165, 1.54) is 16.8 Å². The Morgan fingerprint density at radius 3 is 2.88 bits per heavy atom. The van der Waals surface area contributed by atoms with Crippen molar-refractivity contribution in [3.8, 4) is 5.69 Å². The van der Waals surface area contributed by atoms with Gasteiger partial charge in [0.2, 0.25) is 5.91 Å². The molecule has 4 nitrogen and oxygen atoms in total. The number of aryl methyl sites for hydroxylation is 1. The molecule has 4 heteroatoms. The van der Waals surface area contributed by atoms with Crippen molar-refractivity contribution >= 4 is 5.91 Å². The number of benzene rings is 1. The lowest BCUT2D eigenvalue weighted by atomic mass is 9.92. The Labute approximate surface area is 143 Å². The van der Waals surface area contributed by atoms with Gasteiger partial charge in [0.25, 0.3) is 0 Å². The Morgan fingerprint density at radius 1 is 1.33 bits per heavy atom. The molecule has 3 rings (SSSR count). The fraction of sp³-hybridized carbons (Fsp3) is 0.400. The molecule has 1 heterocycles. The van der Waals surface area contributed by atoms with Crippen LogP contribution in [0.1, 0.15) is 55.1 Å². The molecular weight excluding hydrogens is 298 g/mol. The molecule has 0 aliphatic heterocycles. The third-order valence-corrected chi connectivity index (χ3v) is 4.72. The third kappa shape index (κ3) is 3.14. The molecular formula is C20H25N3O. The molecule has 2 aromatic rings. The molecule has 0 unspecified atom stereocenters. The molecule has 1 aromatic heterocycles. The summed E-state index contributed by atoms with van der Waals surface area (Å²) in [7, 11) is 0. The number of carbonyl (C=O) groups is 1. The minimum atomic E-state index is -0.0210. The summed E-state index contributed by atoms with van der Waals surface area (Å²) in [5.74, 6) is -0.0210. The monoisotopic (exact) mass is 323 g/mol. The number of amides is 1. The number of aromatic nitrogens is 2. The number of fused-ring (bicyclic) bond motifs is 1. The minimum Gasteiger partial charge on any atom is -0.346 e. The molecule has 0 fully saturated rings. The first-order valence-corrected chi connectivity index (χ1v) is 8.56. The number of nitrogens with one attached hydrogen (secondary N) is 1. The zero-order valence-corrected chi connectivity index (χ0v) is 14.9. The molecule has 24 heavy (non-hydrogen) atoms. The van der Waals surface area contributed by atoms with Crippen molar-refractivity contribution in [3.63, 3.8) is 0 Å². The zero-order chi connectivity index (χ0) is 17.3. The van der Waals surface area contributed by atoms with E-state index in [4.69, 9.17) is 0 Å². The highest BCUT2D eigenvalue weighted by Crippen LogP contribution is 2.32. The molecule has 0 radical (unpaired) electrons. The molecule has 126 valence electrons. The summed E-state index contributed by atoms with van der Waals surface area (Å²) in [4.78, 5) is 12.1. The first-order chi connectivity index (χ1) is 11.5. The van der Waals surface area contributed by atoms with Gasteiger partial charge in [0.1, 0.15) is 0 Å². The fourth-order valence-electron chi connectivity index (χ4n) is 3.36. The van der Waals surface area contributed by atoms with Crippen LogP contribution in [0.4, 0.5) is 0 Å². The Hall–Kier alpha value is -2.36. The van der Waals surface area contributed by atoms with Gasteiger partial charge >= 0.3 is 0 Å². The summed E-state index contributed by atoms with van der Waals surface area (Å²) < 4.78 is 2.05. The highest BCUT2D eigenvalue weighted by atomic mass is 16.1. The summed E-state index contributed by atoms with van der Waals surface area (Å²) in [6.07, 6.45) is 6.60. The van der Waals surface area contributed by atoms with Crippen LogP contribution in [-0.2, 0) is 11.2 Å². The summed E-state index contributed by atoms with van der Waals surface area (Å²) in [6.45, 7) is 8.13. The highest BCUT2D eigenvalue weighted by Gasteiger charge is 2.26. The van der Waals surface area contributed by atoms with Crippen molar-refractivity contribution in [1.29, 1.82) is 0 Å².